The molecule has 0 aromatic heterocycles. The van der Waals surface area contributed by atoms with Gasteiger partial charge in [-0.1, -0.05) is 18.2 Å². The molecule has 1 saturated heterocycles. The van der Waals surface area contributed by atoms with Crippen molar-refractivity contribution in [3.8, 4) is 11.5 Å². The Balaban J connectivity index is 1.80. The number of benzene rings is 2. The summed E-state index contributed by atoms with van der Waals surface area (Å²) in [5, 5.41) is 5.85. The van der Waals surface area contributed by atoms with Crippen molar-refractivity contribution >= 4 is 12.0 Å². The number of halogens is 1. The van der Waals surface area contributed by atoms with E-state index in [0.717, 1.165) is 11.1 Å². The molecule has 2 atom stereocenters. The van der Waals surface area contributed by atoms with Gasteiger partial charge in [0.2, 0.25) is 0 Å². The van der Waals surface area contributed by atoms with Crippen LogP contribution in [-0.4, -0.2) is 23.3 Å². The van der Waals surface area contributed by atoms with E-state index < -0.39 is 17.2 Å². The molecule has 4 rings (SSSR count). The molecule has 0 radical (unpaired) electrons. The number of fused-ring (bicyclic) bond motifs is 1. The first-order valence-electron chi connectivity index (χ1n) is 9.52. The number of hydrogen-bond donors (Lipinski definition) is 2. The molecule has 2 N–H and O–H groups in total. The van der Waals surface area contributed by atoms with Gasteiger partial charge in [0.15, 0.2) is 5.72 Å². The van der Waals surface area contributed by atoms with Gasteiger partial charge < -0.3 is 20.1 Å². The van der Waals surface area contributed by atoms with Crippen LogP contribution < -0.4 is 20.1 Å². The number of esters is 1. The van der Waals surface area contributed by atoms with Crippen LogP contribution in [0.25, 0.3) is 0 Å². The van der Waals surface area contributed by atoms with Gasteiger partial charge in [-0.25, -0.2) is 9.18 Å². The van der Waals surface area contributed by atoms with Crippen LogP contribution in [0.15, 0.2) is 42.5 Å². The summed E-state index contributed by atoms with van der Waals surface area (Å²) in [6, 6.07) is 11.3. The maximum absolute atomic E-state index is 13.5. The van der Waals surface area contributed by atoms with E-state index in [1.807, 2.05) is 19.9 Å². The minimum Gasteiger partial charge on any atom is -0.467 e. The molecule has 2 aromatic rings. The van der Waals surface area contributed by atoms with E-state index in [4.69, 9.17) is 9.47 Å². The fourth-order valence-corrected chi connectivity index (χ4v) is 4.34. The van der Waals surface area contributed by atoms with E-state index in [9.17, 15) is 14.0 Å². The van der Waals surface area contributed by atoms with Crippen LogP contribution in [0.3, 0.4) is 0 Å². The Bertz CT molecular complexity index is 973. The van der Waals surface area contributed by atoms with Crippen molar-refractivity contribution in [3.05, 3.63) is 59.4 Å². The zero-order valence-electron chi connectivity index (χ0n) is 16.5. The lowest BCUT2D eigenvalue weighted by molar-refractivity contribution is -0.131. The van der Waals surface area contributed by atoms with E-state index in [1.54, 1.807) is 24.3 Å². The van der Waals surface area contributed by atoms with Crippen molar-refractivity contribution in [2.45, 2.75) is 50.8 Å². The fraction of sp³-hybridized carbons (Fsp3) is 0.364. The van der Waals surface area contributed by atoms with Crippen LogP contribution in [0.5, 0.6) is 11.5 Å². The maximum atomic E-state index is 13.5. The van der Waals surface area contributed by atoms with Crippen molar-refractivity contribution in [2.75, 3.05) is 0 Å². The molecule has 7 heteroatoms. The van der Waals surface area contributed by atoms with Crippen LogP contribution in [0.4, 0.5) is 9.18 Å². The van der Waals surface area contributed by atoms with Crippen LogP contribution in [0, 0.1) is 5.82 Å². The number of carbonyl (C=O) groups is 2. The SMILES string of the molecule is CC(=O)Oc1ccc2c(c1)O[C@@]1(C[C@@H]2c2ccc(F)cc2)CC(C)(C)NC(=O)N1. The molecule has 2 heterocycles. The highest BCUT2D eigenvalue weighted by molar-refractivity contribution is 5.77. The number of urea groups is 1. The first-order chi connectivity index (χ1) is 13.6. The summed E-state index contributed by atoms with van der Waals surface area (Å²) in [5.74, 6) is 0.0343. The molecular weight excluding hydrogens is 375 g/mol. The quantitative estimate of drug-likeness (QED) is 0.595. The third-order valence-corrected chi connectivity index (χ3v) is 5.25. The number of ether oxygens (including phenoxy) is 2. The first kappa shape index (κ1) is 19.2. The largest absolute Gasteiger partial charge is 0.467 e. The molecule has 1 fully saturated rings. The van der Waals surface area contributed by atoms with Crippen LogP contribution >= 0.6 is 0 Å². The van der Waals surface area contributed by atoms with Crippen LogP contribution in [0.2, 0.25) is 0 Å². The molecule has 1 spiro atoms. The molecule has 6 nitrogen and oxygen atoms in total. The van der Waals surface area contributed by atoms with Crippen LogP contribution in [0.1, 0.15) is 50.7 Å². The van der Waals surface area contributed by atoms with Gasteiger partial charge in [-0.05, 0) is 37.6 Å². The summed E-state index contributed by atoms with van der Waals surface area (Å²) in [5.41, 5.74) is 0.401. The Morgan fingerprint density at radius 3 is 2.55 bits per heavy atom. The standard InChI is InChI=1S/C22H23FN2O4/c1-13(26)28-16-8-9-17-18(14-4-6-15(23)7-5-14)11-22(29-19(17)10-16)12-21(2,3)24-20(27)25-22/h4-10,18H,11-12H2,1-3H3,(H2,24,25,27)/t18-,22+/m1/s1. The molecule has 29 heavy (non-hydrogen) atoms. The van der Waals surface area contributed by atoms with Crippen molar-refractivity contribution in [1.29, 1.82) is 0 Å². The molecule has 2 amide bonds. The maximum Gasteiger partial charge on any atom is 0.318 e. The Labute approximate surface area is 168 Å². The molecule has 2 aliphatic heterocycles. The summed E-state index contributed by atoms with van der Waals surface area (Å²) >= 11 is 0. The molecule has 0 saturated carbocycles. The topological polar surface area (TPSA) is 76.7 Å². The molecule has 0 unspecified atom stereocenters. The highest BCUT2D eigenvalue weighted by atomic mass is 19.1. The minimum absolute atomic E-state index is 0.125. The normalized spacial score (nSPS) is 24.7. The summed E-state index contributed by atoms with van der Waals surface area (Å²) in [6.07, 6.45) is 1.02. The average molecular weight is 398 g/mol. The Kier molecular flexibility index (Phi) is 4.48. The smallest absolute Gasteiger partial charge is 0.318 e. The van der Waals surface area contributed by atoms with Gasteiger partial charge in [-0.3, -0.25) is 4.79 Å². The monoisotopic (exact) mass is 398 g/mol. The van der Waals surface area contributed by atoms with Gasteiger partial charge in [0.25, 0.3) is 0 Å². The minimum atomic E-state index is -0.938. The number of nitrogens with one attached hydrogen (secondary N) is 2. The third kappa shape index (κ3) is 3.90. The highest BCUT2D eigenvalue weighted by Crippen LogP contribution is 2.47. The van der Waals surface area contributed by atoms with Crippen molar-refractivity contribution in [3.63, 3.8) is 0 Å². The summed E-state index contributed by atoms with van der Waals surface area (Å²) in [6.45, 7) is 5.21. The summed E-state index contributed by atoms with van der Waals surface area (Å²) < 4.78 is 25.0. The number of hydrogen-bond acceptors (Lipinski definition) is 4. The summed E-state index contributed by atoms with van der Waals surface area (Å²) in [4.78, 5) is 23.7. The van der Waals surface area contributed by atoms with Gasteiger partial charge in [-0.2, -0.15) is 0 Å². The van der Waals surface area contributed by atoms with E-state index >= 15 is 0 Å². The number of rotatable bonds is 2. The molecule has 0 bridgehead atoms. The lowest BCUT2D eigenvalue weighted by Crippen LogP contribution is -2.69. The second-order valence-electron chi connectivity index (χ2n) is 8.34. The van der Waals surface area contributed by atoms with Crippen LogP contribution in [-0.2, 0) is 4.79 Å². The Hall–Kier alpha value is -3.09. The molecule has 2 aromatic carbocycles. The van der Waals surface area contributed by atoms with Gasteiger partial charge >= 0.3 is 12.0 Å². The Morgan fingerprint density at radius 2 is 1.90 bits per heavy atom. The van der Waals surface area contributed by atoms with Crippen molar-refractivity contribution < 1.29 is 23.5 Å². The molecule has 152 valence electrons. The zero-order chi connectivity index (χ0) is 20.8. The molecular formula is C22H23FN2O4. The van der Waals surface area contributed by atoms with E-state index in [2.05, 4.69) is 10.6 Å². The lowest BCUT2D eigenvalue weighted by Gasteiger charge is -2.49. The van der Waals surface area contributed by atoms with Gasteiger partial charge in [0, 0.05) is 42.9 Å². The van der Waals surface area contributed by atoms with E-state index in [1.165, 1.54) is 19.1 Å². The van der Waals surface area contributed by atoms with E-state index in [0.29, 0.717) is 24.3 Å². The molecule has 0 aliphatic carbocycles. The number of carbonyl (C=O) groups excluding carboxylic acids is 2. The average Bonchev–Trinajstić information content (AvgIpc) is 2.59. The predicted molar refractivity (Wildman–Crippen MR) is 104 cm³/mol. The highest BCUT2D eigenvalue weighted by Gasteiger charge is 2.49. The molecule has 2 aliphatic rings. The zero-order valence-corrected chi connectivity index (χ0v) is 16.5. The van der Waals surface area contributed by atoms with Gasteiger partial charge in [-0.15, -0.1) is 0 Å². The second kappa shape index (κ2) is 6.76. The van der Waals surface area contributed by atoms with E-state index in [-0.39, 0.29) is 17.8 Å². The predicted octanol–water partition coefficient (Wildman–Crippen LogP) is 3.84. The number of amides is 2. The lowest BCUT2D eigenvalue weighted by atomic mass is 9.77. The van der Waals surface area contributed by atoms with Gasteiger partial charge in [0.05, 0.1) is 0 Å². The second-order valence-corrected chi connectivity index (χ2v) is 8.34. The fourth-order valence-electron chi connectivity index (χ4n) is 4.34. The first-order valence-corrected chi connectivity index (χ1v) is 9.52. The summed E-state index contributed by atoms with van der Waals surface area (Å²) in [7, 11) is 0. The Morgan fingerprint density at radius 1 is 1.17 bits per heavy atom. The van der Waals surface area contributed by atoms with Crippen molar-refractivity contribution in [2.24, 2.45) is 0 Å². The van der Waals surface area contributed by atoms with Crippen molar-refractivity contribution in [1.82, 2.24) is 10.6 Å². The van der Waals surface area contributed by atoms with Gasteiger partial charge in [0.1, 0.15) is 17.3 Å². The third-order valence-electron chi connectivity index (χ3n) is 5.25.